The molecule has 0 radical (unpaired) electrons. The lowest BCUT2D eigenvalue weighted by Gasteiger charge is -2.11. The van der Waals surface area contributed by atoms with Gasteiger partial charge in [0.15, 0.2) is 0 Å². The lowest BCUT2D eigenvalue weighted by molar-refractivity contribution is 0.105. The SMILES string of the molecule is CN(C)c1ccc(C(=O)C#Cc2ccc3ccccc3n2)cc1. The zero-order chi connectivity index (χ0) is 16.2. The van der Waals surface area contributed by atoms with Crippen molar-refractivity contribution in [2.45, 2.75) is 0 Å². The van der Waals surface area contributed by atoms with Crippen LogP contribution in [-0.4, -0.2) is 24.9 Å². The number of fused-ring (bicyclic) bond motifs is 1. The number of pyridine rings is 1. The van der Waals surface area contributed by atoms with E-state index in [1.807, 2.05) is 67.5 Å². The van der Waals surface area contributed by atoms with Gasteiger partial charge in [-0.15, -0.1) is 0 Å². The number of carbonyl (C=O) groups is 1. The van der Waals surface area contributed by atoms with Gasteiger partial charge in [-0.3, -0.25) is 4.79 Å². The van der Waals surface area contributed by atoms with E-state index >= 15 is 0 Å². The van der Waals surface area contributed by atoms with Crippen LogP contribution in [0, 0.1) is 11.8 Å². The third-order valence-corrected chi connectivity index (χ3v) is 3.55. The van der Waals surface area contributed by atoms with E-state index in [0.29, 0.717) is 11.3 Å². The van der Waals surface area contributed by atoms with Crippen LogP contribution in [0.1, 0.15) is 16.1 Å². The Bertz CT molecular complexity index is 916. The summed E-state index contributed by atoms with van der Waals surface area (Å²) in [5.41, 5.74) is 3.11. The fraction of sp³-hybridized carbons (Fsp3) is 0.100. The maximum absolute atomic E-state index is 12.1. The van der Waals surface area contributed by atoms with Crippen LogP contribution in [0.4, 0.5) is 5.69 Å². The highest BCUT2D eigenvalue weighted by molar-refractivity contribution is 6.09. The molecule has 2 aromatic carbocycles. The summed E-state index contributed by atoms with van der Waals surface area (Å²) in [4.78, 5) is 18.6. The molecule has 0 saturated carbocycles. The van der Waals surface area contributed by atoms with Gasteiger partial charge < -0.3 is 4.90 Å². The first-order valence-electron chi connectivity index (χ1n) is 7.33. The summed E-state index contributed by atoms with van der Waals surface area (Å²) in [5, 5.41) is 1.06. The molecule has 112 valence electrons. The van der Waals surface area contributed by atoms with Gasteiger partial charge in [0.2, 0.25) is 5.78 Å². The Kier molecular flexibility index (Phi) is 4.07. The van der Waals surface area contributed by atoms with Crippen LogP contribution in [0.3, 0.4) is 0 Å². The fourth-order valence-corrected chi connectivity index (χ4v) is 2.24. The molecule has 0 amide bonds. The summed E-state index contributed by atoms with van der Waals surface area (Å²) >= 11 is 0. The highest BCUT2D eigenvalue weighted by Crippen LogP contribution is 2.13. The molecule has 1 aromatic heterocycles. The Morgan fingerprint density at radius 1 is 0.957 bits per heavy atom. The molecule has 0 N–H and O–H groups in total. The van der Waals surface area contributed by atoms with E-state index < -0.39 is 0 Å². The monoisotopic (exact) mass is 300 g/mol. The molecule has 3 nitrogen and oxygen atoms in total. The van der Waals surface area contributed by atoms with Crippen molar-refractivity contribution in [3.63, 3.8) is 0 Å². The van der Waals surface area contributed by atoms with Crippen molar-refractivity contribution >= 4 is 22.4 Å². The Morgan fingerprint density at radius 3 is 2.43 bits per heavy atom. The predicted molar refractivity (Wildman–Crippen MR) is 93.7 cm³/mol. The molecule has 0 aliphatic carbocycles. The van der Waals surface area contributed by atoms with Crippen LogP contribution in [0.5, 0.6) is 0 Å². The molecule has 3 aromatic rings. The molecule has 0 bridgehead atoms. The van der Waals surface area contributed by atoms with E-state index in [9.17, 15) is 4.79 Å². The van der Waals surface area contributed by atoms with Crippen LogP contribution >= 0.6 is 0 Å². The van der Waals surface area contributed by atoms with Gasteiger partial charge in [-0.05, 0) is 48.2 Å². The number of carbonyl (C=O) groups excluding carboxylic acids is 1. The number of anilines is 1. The maximum Gasteiger partial charge on any atom is 0.236 e. The lowest BCUT2D eigenvalue weighted by Crippen LogP contribution is -2.08. The van der Waals surface area contributed by atoms with Crippen molar-refractivity contribution in [1.82, 2.24) is 4.98 Å². The molecule has 0 aliphatic rings. The Labute approximate surface area is 135 Å². The number of hydrogen-bond acceptors (Lipinski definition) is 3. The van der Waals surface area contributed by atoms with E-state index in [2.05, 4.69) is 16.8 Å². The van der Waals surface area contributed by atoms with Crippen molar-refractivity contribution < 1.29 is 4.79 Å². The maximum atomic E-state index is 12.1. The number of Topliss-reactive ketones (excluding diaryl/α,β-unsaturated/α-hetero) is 1. The molecule has 23 heavy (non-hydrogen) atoms. The van der Waals surface area contributed by atoms with Crippen LogP contribution in [0.25, 0.3) is 10.9 Å². The van der Waals surface area contributed by atoms with Gasteiger partial charge in [0.1, 0.15) is 5.69 Å². The minimum atomic E-state index is -0.203. The molecular formula is C20H16N2O. The first kappa shape index (κ1) is 14.8. The van der Waals surface area contributed by atoms with Gasteiger partial charge in [0.05, 0.1) is 5.52 Å². The second-order valence-corrected chi connectivity index (χ2v) is 5.41. The summed E-state index contributed by atoms with van der Waals surface area (Å²) in [5.74, 6) is 5.31. The third kappa shape index (κ3) is 3.38. The van der Waals surface area contributed by atoms with Crippen molar-refractivity contribution in [2.75, 3.05) is 19.0 Å². The second-order valence-electron chi connectivity index (χ2n) is 5.41. The lowest BCUT2D eigenvalue weighted by atomic mass is 10.1. The molecule has 3 rings (SSSR count). The second kappa shape index (κ2) is 6.33. The number of hydrogen-bond donors (Lipinski definition) is 0. The number of ketones is 1. The van der Waals surface area contributed by atoms with Crippen LogP contribution in [0.2, 0.25) is 0 Å². The molecular weight excluding hydrogens is 284 g/mol. The average Bonchev–Trinajstić information content (AvgIpc) is 2.59. The molecule has 0 unspecified atom stereocenters. The van der Waals surface area contributed by atoms with E-state index in [1.165, 1.54) is 0 Å². The Morgan fingerprint density at radius 2 is 1.70 bits per heavy atom. The number of nitrogens with zero attached hydrogens (tertiary/aromatic N) is 2. The molecule has 0 atom stereocenters. The first-order valence-corrected chi connectivity index (χ1v) is 7.33. The highest BCUT2D eigenvalue weighted by atomic mass is 16.1. The van der Waals surface area contributed by atoms with Gasteiger partial charge in [-0.1, -0.05) is 24.3 Å². The Balaban J connectivity index is 1.83. The van der Waals surface area contributed by atoms with Crippen molar-refractivity contribution in [3.05, 3.63) is 71.9 Å². The molecule has 1 heterocycles. The zero-order valence-electron chi connectivity index (χ0n) is 13.1. The number of rotatable bonds is 2. The summed E-state index contributed by atoms with van der Waals surface area (Å²) < 4.78 is 0. The van der Waals surface area contributed by atoms with E-state index in [0.717, 1.165) is 16.6 Å². The van der Waals surface area contributed by atoms with Gasteiger partial charge >= 0.3 is 0 Å². The topological polar surface area (TPSA) is 33.2 Å². The number of aromatic nitrogens is 1. The molecule has 0 spiro atoms. The molecule has 0 fully saturated rings. The predicted octanol–water partition coefficient (Wildman–Crippen LogP) is 3.54. The third-order valence-electron chi connectivity index (χ3n) is 3.55. The molecule has 0 aliphatic heterocycles. The van der Waals surface area contributed by atoms with Gasteiger partial charge in [-0.25, -0.2) is 4.98 Å². The highest BCUT2D eigenvalue weighted by Gasteiger charge is 2.03. The van der Waals surface area contributed by atoms with E-state index in [-0.39, 0.29) is 5.78 Å². The quantitative estimate of drug-likeness (QED) is 0.536. The smallest absolute Gasteiger partial charge is 0.236 e. The van der Waals surface area contributed by atoms with Crippen molar-refractivity contribution in [1.29, 1.82) is 0 Å². The number of benzene rings is 2. The van der Waals surface area contributed by atoms with Crippen molar-refractivity contribution in [2.24, 2.45) is 0 Å². The zero-order valence-corrected chi connectivity index (χ0v) is 13.1. The first-order chi connectivity index (χ1) is 11.1. The van der Waals surface area contributed by atoms with Crippen molar-refractivity contribution in [3.8, 4) is 11.8 Å². The van der Waals surface area contributed by atoms with Gasteiger partial charge in [-0.2, -0.15) is 0 Å². The fourth-order valence-electron chi connectivity index (χ4n) is 2.24. The standard InChI is InChI=1S/C20H16N2O/c1-22(2)18-12-8-16(9-13-18)20(23)14-11-17-10-7-15-5-3-4-6-19(15)21-17/h3-10,12-13H,1-2H3. The minimum absolute atomic E-state index is 0.203. The summed E-state index contributed by atoms with van der Waals surface area (Å²) in [6.07, 6.45) is 0. The minimum Gasteiger partial charge on any atom is -0.378 e. The number of para-hydroxylation sites is 1. The van der Waals surface area contributed by atoms with Gasteiger partial charge in [0.25, 0.3) is 0 Å². The van der Waals surface area contributed by atoms with Crippen LogP contribution in [-0.2, 0) is 0 Å². The largest absolute Gasteiger partial charge is 0.378 e. The Hall–Kier alpha value is -3.12. The summed E-state index contributed by atoms with van der Waals surface area (Å²) in [6.45, 7) is 0. The van der Waals surface area contributed by atoms with Crippen LogP contribution in [0.15, 0.2) is 60.7 Å². The van der Waals surface area contributed by atoms with Gasteiger partial charge in [0, 0.05) is 30.7 Å². The summed E-state index contributed by atoms with van der Waals surface area (Å²) in [6, 6.07) is 19.0. The van der Waals surface area contributed by atoms with E-state index in [1.54, 1.807) is 12.1 Å². The molecule has 0 saturated heterocycles. The molecule has 3 heteroatoms. The summed E-state index contributed by atoms with van der Waals surface area (Å²) in [7, 11) is 3.92. The normalized spacial score (nSPS) is 10.0. The average molecular weight is 300 g/mol. The van der Waals surface area contributed by atoms with Crippen LogP contribution < -0.4 is 4.90 Å². The van der Waals surface area contributed by atoms with E-state index in [4.69, 9.17) is 0 Å².